The molecular formula is C14H21NO. The van der Waals surface area contributed by atoms with Crippen molar-refractivity contribution in [3.05, 3.63) is 0 Å². The number of nitrogens with zero attached hydrogens (tertiary/aromatic N) is 1. The number of rotatable bonds is 1. The maximum absolute atomic E-state index is 11.9. The standard InChI is InChI=1S/C14H21NO/c16-13-2-1-3-15(13)14-11-5-9-4-10(7-11)8-12(14)6-9/h9-12,14H,1-8H2. The van der Waals surface area contributed by atoms with E-state index >= 15 is 0 Å². The molecule has 0 unspecified atom stereocenters. The van der Waals surface area contributed by atoms with Crippen LogP contribution in [0.3, 0.4) is 0 Å². The second kappa shape index (κ2) is 3.24. The van der Waals surface area contributed by atoms with E-state index in [2.05, 4.69) is 4.90 Å². The van der Waals surface area contributed by atoms with Crippen molar-refractivity contribution in [3.8, 4) is 0 Å². The summed E-state index contributed by atoms with van der Waals surface area (Å²) in [4.78, 5) is 14.2. The molecule has 0 N–H and O–H groups in total. The lowest BCUT2D eigenvalue weighted by atomic mass is 9.54. The van der Waals surface area contributed by atoms with Gasteiger partial charge in [-0.15, -0.1) is 0 Å². The van der Waals surface area contributed by atoms with Gasteiger partial charge in [-0.2, -0.15) is 0 Å². The van der Waals surface area contributed by atoms with Crippen LogP contribution >= 0.6 is 0 Å². The summed E-state index contributed by atoms with van der Waals surface area (Å²) in [7, 11) is 0. The van der Waals surface area contributed by atoms with Gasteiger partial charge >= 0.3 is 0 Å². The monoisotopic (exact) mass is 219 g/mol. The lowest BCUT2D eigenvalue weighted by Crippen LogP contribution is -2.56. The molecule has 0 radical (unpaired) electrons. The van der Waals surface area contributed by atoms with Crippen molar-refractivity contribution >= 4 is 5.91 Å². The minimum Gasteiger partial charge on any atom is -0.339 e. The Kier molecular flexibility index (Phi) is 1.92. The van der Waals surface area contributed by atoms with E-state index in [4.69, 9.17) is 0 Å². The molecule has 0 aromatic rings. The molecule has 16 heavy (non-hydrogen) atoms. The zero-order chi connectivity index (χ0) is 10.7. The van der Waals surface area contributed by atoms with Crippen LogP contribution in [0.1, 0.15) is 44.9 Å². The van der Waals surface area contributed by atoms with Crippen LogP contribution in [0.4, 0.5) is 0 Å². The van der Waals surface area contributed by atoms with Gasteiger partial charge in [-0.25, -0.2) is 0 Å². The third-order valence-corrected chi connectivity index (χ3v) is 5.65. The van der Waals surface area contributed by atoms with Gasteiger partial charge in [0.2, 0.25) is 5.91 Å². The van der Waals surface area contributed by atoms with E-state index in [1.807, 2.05) is 0 Å². The molecule has 0 atom stereocenters. The average molecular weight is 219 g/mol. The van der Waals surface area contributed by atoms with Crippen LogP contribution in [-0.4, -0.2) is 23.4 Å². The Balaban J connectivity index is 1.62. The van der Waals surface area contributed by atoms with Crippen LogP contribution < -0.4 is 0 Å². The van der Waals surface area contributed by atoms with Crippen LogP contribution in [0, 0.1) is 23.7 Å². The van der Waals surface area contributed by atoms with E-state index in [-0.39, 0.29) is 0 Å². The number of amides is 1. The van der Waals surface area contributed by atoms with E-state index in [0.717, 1.165) is 43.1 Å². The Hall–Kier alpha value is -0.530. The summed E-state index contributed by atoms with van der Waals surface area (Å²) in [6.45, 7) is 1.06. The molecule has 2 heteroatoms. The topological polar surface area (TPSA) is 20.3 Å². The fraction of sp³-hybridized carbons (Fsp3) is 0.929. The lowest BCUT2D eigenvalue weighted by molar-refractivity contribution is -0.138. The first-order valence-corrected chi connectivity index (χ1v) is 7.10. The van der Waals surface area contributed by atoms with Crippen molar-refractivity contribution in [2.45, 2.75) is 51.0 Å². The number of carbonyl (C=O) groups is 1. The summed E-state index contributed by atoms with van der Waals surface area (Å²) >= 11 is 0. The van der Waals surface area contributed by atoms with Crippen molar-refractivity contribution < 1.29 is 4.79 Å². The smallest absolute Gasteiger partial charge is 0.222 e. The Morgan fingerprint density at radius 2 is 1.56 bits per heavy atom. The highest BCUT2D eigenvalue weighted by atomic mass is 16.2. The van der Waals surface area contributed by atoms with E-state index in [9.17, 15) is 4.79 Å². The van der Waals surface area contributed by atoms with Crippen molar-refractivity contribution in [2.24, 2.45) is 23.7 Å². The molecular weight excluding hydrogens is 198 g/mol. The summed E-state index contributed by atoms with van der Waals surface area (Å²) in [6.07, 6.45) is 9.17. The van der Waals surface area contributed by atoms with Gasteiger partial charge in [0.15, 0.2) is 0 Å². The molecule has 4 aliphatic carbocycles. The van der Waals surface area contributed by atoms with Crippen molar-refractivity contribution in [1.82, 2.24) is 4.90 Å². The van der Waals surface area contributed by atoms with Gasteiger partial charge in [0, 0.05) is 19.0 Å². The molecule has 5 rings (SSSR count). The van der Waals surface area contributed by atoms with Gasteiger partial charge in [0.1, 0.15) is 0 Å². The van der Waals surface area contributed by atoms with E-state index in [1.54, 1.807) is 0 Å². The molecule has 4 saturated carbocycles. The lowest BCUT2D eigenvalue weighted by Gasteiger charge is -2.56. The zero-order valence-electron chi connectivity index (χ0n) is 9.90. The number of likely N-dealkylation sites (tertiary alicyclic amines) is 1. The second-order valence-electron chi connectivity index (χ2n) is 6.61. The van der Waals surface area contributed by atoms with Gasteiger partial charge in [-0.1, -0.05) is 0 Å². The second-order valence-corrected chi connectivity index (χ2v) is 6.61. The largest absolute Gasteiger partial charge is 0.339 e. The maximum Gasteiger partial charge on any atom is 0.222 e. The predicted octanol–water partition coefficient (Wildman–Crippen LogP) is 2.43. The first-order chi connectivity index (χ1) is 7.81. The molecule has 0 spiro atoms. The third kappa shape index (κ3) is 1.22. The van der Waals surface area contributed by atoms with Crippen LogP contribution in [0.5, 0.6) is 0 Å². The summed E-state index contributed by atoms with van der Waals surface area (Å²) in [5, 5.41) is 0. The Bertz CT molecular complexity index is 297. The minimum atomic E-state index is 0.456. The zero-order valence-corrected chi connectivity index (χ0v) is 9.90. The van der Waals surface area contributed by atoms with Gasteiger partial charge in [0.25, 0.3) is 0 Å². The molecule has 4 bridgehead atoms. The average Bonchev–Trinajstić information content (AvgIpc) is 2.63. The first kappa shape index (κ1) is 9.49. The fourth-order valence-corrected chi connectivity index (χ4v) is 5.39. The van der Waals surface area contributed by atoms with Gasteiger partial charge in [-0.3, -0.25) is 4.79 Å². The SMILES string of the molecule is O=C1CCCN1C1C2CC3CC(C2)CC1C3. The molecule has 1 amide bonds. The minimum absolute atomic E-state index is 0.456. The molecule has 2 nitrogen and oxygen atoms in total. The van der Waals surface area contributed by atoms with E-state index in [0.29, 0.717) is 11.9 Å². The highest BCUT2D eigenvalue weighted by Gasteiger charge is 2.51. The maximum atomic E-state index is 11.9. The molecule has 88 valence electrons. The molecule has 1 heterocycles. The Morgan fingerprint density at radius 1 is 0.938 bits per heavy atom. The van der Waals surface area contributed by atoms with Gasteiger partial charge < -0.3 is 4.90 Å². The van der Waals surface area contributed by atoms with Gasteiger partial charge in [0.05, 0.1) is 0 Å². The summed E-state index contributed by atoms with van der Waals surface area (Å²) in [5.74, 6) is 4.25. The molecule has 1 aliphatic heterocycles. The predicted molar refractivity (Wildman–Crippen MR) is 61.8 cm³/mol. The Labute approximate surface area is 97.4 Å². The highest BCUT2D eigenvalue weighted by Crippen LogP contribution is 2.55. The number of hydrogen-bond acceptors (Lipinski definition) is 1. The third-order valence-electron chi connectivity index (χ3n) is 5.65. The molecule has 0 aromatic carbocycles. The van der Waals surface area contributed by atoms with Crippen LogP contribution in [0.25, 0.3) is 0 Å². The Morgan fingerprint density at radius 3 is 2.06 bits per heavy atom. The summed E-state index contributed by atoms with van der Waals surface area (Å²) in [6, 6.07) is 0.655. The van der Waals surface area contributed by atoms with Crippen molar-refractivity contribution in [1.29, 1.82) is 0 Å². The van der Waals surface area contributed by atoms with Crippen molar-refractivity contribution in [2.75, 3.05) is 6.54 Å². The van der Waals surface area contributed by atoms with E-state index in [1.165, 1.54) is 32.1 Å². The fourth-order valence-electron chi connectivity index (χ4n) is 5.39. The van der Waals surface area contributed by atoms with E-state index < -0.39 is 0 Å². The number of hydrogen-bond donors (Lipinski definition) is 0. The van der Waals surface area contributed by atoms with Gasteiger partial charge in [-0.05, 0) is 62.2 Å². The first-order valence-electron chi connectivity index (χ1n) is 7.10. The highest BCUT2D eigenvalue weighted by molar-refractivity contribution is 5.78. The molecule has 1 saturated heterocycles. The summed E-state index contributed by atoms with van der Waals surface area (Å²) < 4.78 is 0. The molecule has 0 aromatic heterocycles. The van der Waals surface area contributed by atoms with Crippen LogP contribution in [-0.2, 0) is 4.79 Å². The number of carbonyl (C=O) groups excluding carboxylic acids is 1. The molecule has 5 aliphatic rings. The quantitative estimate of drug-likeness (QED) is 0.663. The summed E-state index contributed by atoms with van der Waals surface area (Å²) in [5.41, 5.74) is 0. The van der Waals surface area contributed by atoms with Crippen molar-refractivity contribution in [3.63, 3.8) is 0 Å². The van der Waals surface area contributed by atoms with Crippen LogP contribution in [0.2, 0.25) is 0 Å². The normalized spacial score (nSPS) is 50.4. The van der Waals surface area contributed by atoms with Crippen LogP contribution in [0.15, 0.2) is 0 Å². The molecule has 5 fully saturated rings.